The second kappa shape index (κ2) is 3.35. The second-order valence-corrected chi connectivity index (χ2v) is 6.50. The number of benzene rings is 1. The lowest BCUT2D eigenvalue weighted by Crippen LogP contribution is -2.50. The Labute approximate surface area is 114 Å². The Morgan fingerprint density at radius 3 is 2.83 bits per heavy atom. The first-order valence-corrected chi connectivity index (χ1v) is 7.33. The Kier molecular flexibility index (Phi) is 2.04. The van der Waals surface area contributed by atoms with Crippen LogP contribution in [0.2, 0.25) is 5.02 Å². The number of hydrogen-bond donors (Lipinski definition) is 1. The Hall–Kier alpha value is -0.900. The average molecular weight is 278 g/mol. The van der Waals surface area contributed by atoms with Crippen molar-refractivity contribution in [2.24, 2.45) is 0 Å². The van der Waals surface area contributed by atoms with Gasteiger partial charge in [-0.1, -0.05) is 29.8 Å². The highest BCUT2D eigenvalue weighted by molar-refractivity contribution is 7.10. The molecule has 1 atom stereocenters. The molecule has 1 spiro atoms. The van der Waals surface area contributed by atoms with Crippen LogP contribution in [0.1, 0.15) is 29.0 Å². The third-order valence-corrected chi connectivity index (χ3v) is 5.69. The average Bonchev–Trinajstić information content (AvgIpc) is 3.08. The molecule has 1 aromatic carbocycles. The van der Waals surface area contributed by atoms with Crippen LogP contribution in [-0.4, -0.2) is 10.1 Å². The quantitative estimate of drug-likeness (QED) is 0.914. The van der Waals surface area contributed by atoms with E-state index < -0.39 is 5.60 Å². The van der Waals surface area contributed by atoms with Crippen LogP contribution < -0.4 is 0 Å². The van der Waals surface area contributed by atoms with Crippen LogP contribution in [0.5, 0.6) is 0 Å². The minimum absolute atomic E-state index is 0.0680. The maximum Gasteiger partial charge on any atom is 0.116 e. The van der Waals surface area contributed by atoms with Crippen molar-refractivity contribution in [2.75, 3.05) is 0 Å². The van der Waals surface area contributed by atoms with Crippen molar-refractivity contribution < 1.29 is 5.11 Å². The molecular formula is C14H12ClNOS. The number of halogens is 1. The maximum absolute atomic E-state index is 11.0. The van der Waals surface area contributed by atoms with E-state index in [9.17, 15) is 5.11 Å². The number of thiazole rings is 1. The molecule has 0 radical (unpaired) electrons. The first-order chi connectivity index (χ1) is 8.67. The van der Waals surface area contributed by atoms with Gasteiger partial charge in [-0.15, -0.1) is 11.3 Å². The minimum Gasteiger partial charge on any atom is -0.383 e. The summed E-state index contributed by atoms with van der Waals surface area (Å²) < 4.78 is 0. The van der Waals surface area contributed by atoms with Crippen molar-refractivity contribution >= 4 is 22.9 Å². The first-order valence-electron chi connectivity index (χ1n) is 6.08. The fourth-order valence-electron chi connectivity index (χ4n) is 3.17. The monoisotopic (exact) mass is 277 g/mol. The fourth-order valence-corrected chi connectivity index (χ4v) is 4.46. The number of aliphatic hydroxyl groups is 1. The largest absolute Gasteiger partial charge is 0.383 e. The Morgan fingerprint density at radius 1 is 1.33 bits per heavy atom. The molecule has 0 amide bonds. The van der Waals surface area contributed by atoms with Gasteiger partial charge in [-0.3, -0.25) is 0 Å². The standard InChI is InChI=1S/C14H12ClNOS/c15-10-4-2-1-3-9(10)7-14(17)12-11(16-8-18-12)13(14)5-6-13/h1-4,8,17H,5-7H2. The van der Waals surface area contributed by atoms with Gasteiger partial charge in [-0.05, 0) is 24.5 Å². The minimum atomic E-state index is -0.742. The molecule has 0 bridgehead atoms. The summed E-state index contributed by atoms with van der Waals surface area (Å²) >= 11 is 7.76. The smallest absolute Gasteiger partial charge is 0.116 e. The lowest BCUT2D eigenvalue weighted by atomic mass is 9.66. The number of fused-ring (bicyclic) bond motifs is 2. The molecule has 0 aliphatic heterocycles. The van der Waals surface area contributed by atoms with Gasteiger partial charge < -0.3 is 5.11 Å². The molecule has 1 aromatic heterocycles. The maximum atomic E-state index is 11.0. The molecule has 4 rings (SSSR count). The van der Waals surface area contributed by atoms with Gasteiger partial charge >= 0.3 is 0 Å². The summed E-state index contributed by atoms with van der Waals surface area (Å²) in [6.45, 7) is 0. The predicted molar refractivity (Wildman–Crippen MR) is 72.1 cm³/mol. The summed E-state index contributed by atoms with van der Waals surface area (Å²) in [4.78, 5) is 5.44. The molecule has 2 aliphatic carbocycles. The summed E-state index contributed by atoms with van der Waals surface area (Å²) in [5.41, 5.74) is 3.18. The zero-order valence-corrected chi connectivity index (χ0v) is 11.3. The van der Waals surface area contributed by atoms with E-state index in [1.54, 1.807) is 11.3 Å². The van der Waals surface area contributed by atoms with Gasteiger partial charge in [0.2, 0.25) is 0 Å². The first kappa shape index (κ1) is 11.0. The summed E-state index contributed by atoms with van der Waals surface area (Å²) in [5.74, 6) is 0. The lowest BCUT2D eigenvalue weighted by molar-refractivity contribution is -0.0316. The molecule has 1 N–H and O–H groups in total. The highest BCUT2D eigenvalue weighted by Gasteiger charge is 2.71. The summed E-state index contributed by atoms with van der Waals surface area (Å²) in [6, 6.07) is 7.76. The van der Waals surface area contributed by atoms with Crippen molar-refractivity contribution in [1.29, 1.82) is 0 Å². The number of hydrogen-bond acceptors (Lipinski definition) is 3. The molecule has 2 aliphatic rings. The number of rotatable bonds is 2. The van der Waals surface area contributed by atoms with Crippen LogP contribution >= 0.6 is 22.9 Å². The van der Waals surface area contributed by atoms with Gasteiger partial charge in [0.1, 0.15) is 5.60 Å². The van der Waals surface area contributed by atoms with E-state index in [0.717, 1.165) is 34.0 Å². The van der Waals surface area contributed by atoms with Gasteiger partial charge in [0.25, 0.3) is 0 Å². The summed E-state index contributed by atoms with van der Waals surface area (Å²) in [6.07, 6.45) is 2.69. The third kappa shape index (κ3) is 1.15. The van der Waals surface area contributed by atoms with Gasteiger partial charge in [-0.25, -0.2) is 4.98 Å². The van der Waals surface area contributed by atoms with Crippen LogP contribution in [0.4, 0.5) is 0 Å². The highest BCUT2D eigenvalue weighted by atomic mass is 35.5. The van der Waals surface area contributed by atoms with Gasteiger partial charge in [0.05, 0.1) is 16.1 Å². The van der Waals surface area contributed by atoms with Crippen LogP contribution in [0.15, 0.2) is 29.8 Å². The zero-order chi connectivity index (χ0) is 12.4. The predicted octanol–water partition coefficient (Wildman–Crippen LogP) is 3.27. The molecule has 1 unspecified atom stereocenters. The van der Waals surface area contributed by atoms with Crippen LogP contribution in [0, 0.1) is 0 Å². The molecule has 1 saturated carbocycles. The number of nitrogens with zero attached hydrogens (tertiary/aromatic N) is 1. The zero-order valence-electron chi connectivity index (χ0n) is 9.69. The van der Waals surface area contributed by atoms with E-state index in [-0.39, 0.29) is 5.41 Å². The summed E-state index contributed by atoms with van der Waals surface area (Å²) in [5, 5.41) is 11.8. The van der Waals surface area contributed by atoms with Crippen molar-refractivity contribution in [2.45, 2.75) is 30.3 Å². The molecule has 18 heavy (non-hydrogen) atoms. The van der Waals surface area contributed by atoms with E-state index in [1.807, 2.05) is 29.8 Å². The van der Waals surface area contributed by atoms with Crippen molar-refractivity contribution in [3.63, 3.8) is 0 Å². The third-order valence-electron chi connectivity index (χ3n) is 4.34. The van der Waals surface area contributed by atoms with Crippen molar-refractivity contribution in [3.8, 4) is 0 Å². The van der Waals surface area contributed by atoms with E-state index >= 15 is 0 Å². The van der Waals surface area contributed by atoms with Crippen molar-refractivity contribution in [3.05, 3.63) is 50.9 Å². The van der Waals surface area contributed by atoms with Crippen LogP contribution in [-0.2, 0) is 17.4 Å². The highest BCUT2D eigenvalue weighted by Crippen LogP contribution is 2.70. The Balaban J connectivity index is 1.77. The molecule has 0 saturated heterocycles. The van der Waals surface area contributed by atoms with Gasteiger partial charge in [-0.2, -0.15) is 0 Å². The molecule has 1 fully saturated rings. The molecule has 4 heteroatoms. The fraction of sp³-hybridized carbons (Fsp3) is 0.357. The number of aromatic nitrogens is 1. The summed E-state index contributed by atoms with van der Waals surface area (Å²) in [7, 11) is 0. The lowest BCUT2D eigenvalue weighted by Gasteiger charge is -2.45. The Morgan fingerprint density at radius 2 is 2.11 bits per heavy atom. The van der Waals surface area contributed by atoms with Crippen LogP contribution in [0.3, 0.4) is 0 Å². The SMILES string of the molecule is OC1(Cc2ccccc2Cl)c2scnc2C12CC2. The van der Waals surface area contributed by atoms with Gasteiger partial charge in [0.15, 0.2) is 0 Å². The second-order valence-electron chi connectivity index (χ2n) is 5.24. The topological polar surface area (TPSA) is 33.1 Å². The van der Waals surface area contributed by atoms with E-state index in [0.29, 0.717) is 6.42 Å². The van der Waals surface area contributed by atoms with E-state index in [2.05, 4.69) is 4.98 Å². The van der Waals surface area contributed by atoms with Gasteiger partial charge in [0, 0.05) is 16.9 Å². The molecule has 1 heterocycles. The molecule has 92 valence electrons. The van der Waals surface area contributed by atoms with E-state index in [1.165, 1.54) is 0 Å². The molecule has 2 nitrogen and oxygen atoms in total. The molecule has 2 aromatic rings. The molecular weight excluding hydrogens is 266 g/mol. The normalized spacial score (nSPS) is 26.8. The van der Waals surface area contributed by atoms with Crippen LogP contribution in [0.25, 0.3) is 0 Å². The van der Waals surface area contributed by atoms with Crippen molar-refractivity contribution in [1.82, 2.24) is 4.98 Å². The van der Waals surface area contributed by atoms with E-state index in [4.69, 9.17) is 11.6 Å². The Bertz CT molecular complexity index is 634.